The molecule has 0 spiro atoms. The van der Waals surface area contributed by atoms with E-state index in [2.05, 4.69) is 26.0 Å². The maximum atomic E-state index is 12.3. The number of hydrogen-bond donors (Lipinski definition) is 1. The summed E-state index contributed by atoms with van der Waals surface area (Å²) in [5, 5.41) is 9.65. The summed E-state index contributed by atoms with van der Waals surface area (Å²) < 4.78 is 10.7. The Bertz CT molecular complexity index is 948. The maximum Gasteiger partial charge on any atom is 0.306 e. The summed E-state index contributed by atoms with van der Waals surface area (Å²) in [4.78, 5) is 24.5. The van der Waals surface area contributed by atoms with E-state index in [1.807, 2.05) is 0 Å². The zero-order valence-electron chi connectivity index (χ0n) is 44.3. The highest BCUT2D eigenvalue weighted by atomic mass is 16.6. The molecule has 0 aromatic heterocycles. The Morgan fingerprint density at radius 2 is 0.569 bits per heavy atom. The molecule has 386 valence electrons. The highest BCUT2D eigenvalue weighted by Crippen LogP contribution is 2.18. The largest absolute Gasteiger partial charge is 0.462 e. The first-order chi connectivity index (χ1) is 32.1. The van der Waals surface area contributed by atoms with Gasteiger partial charge in [0.25, 0.3) is 0 Å². The predicted octanol–water partition coefficient (Wildman–Crippen LogP) is 19.9. The van der Waals surface area contributed by atoms with E-state index >= 15 is 0 Å². The minimum atomic E-state index is -0.768. The monoisotopic (exact) mass is 917 g/mol. The normalized spacial score (nSPS) is 12.1. The van der Waals surface area contributed by atoms with Crippen LogP contribution in [0.2, 0.25) is 0 Å². The van der Waals surface area contributed by atoms with Crippen LogP contribution < -0.4 is 0 Å². The third-order valence-corrected chi connectivity index (χ3v) is 13.8. The fourth-order valence-corrected chi connectivity index (χ4v) is 9.32. The summed E-state index contributed by atoms with van der Waals surface area (Å²) in [5.74, 6) is -0.571. The number of unbranched alkanes of at least 4 members (excludes halogenated alkanes) is 46. The molecule has 0 amide bonds. The quantitative estimate of drug-likeness (QED) is 0.0374. The van der Waals surface area contributed by atoms with Gasteiger partial charge in [-0.15, -0.1) is 0 Å². The van der Waals surface area contributed by atoms with Crippen LogP contribution in [0.4, 0.5) is 0 Å². The number of carbonyl (C=O) groups excluding carboxylic acids is 2. The number of ether oxygens (including phenoxy) is 2. The van der Waals surface area contributed by atoms with Crippen LogP contribution in [0.3, 0.4) is 0 Å². The minimum absolute atomic E-state index is 0.0593. The Balaban J connectivity index is 3.38. The lowest BCUT2D eigenvalue weighted by Gasteiger charge is -2.15. The molecule has 0 aliphatic rings. The molecule has 0 aliphatic heterocycles. The van der Waals surface area contributed by atoms with Crippen LogP contribution in [-0.4, -0.2) is 36.4 Å². The van der Waals surface area contributed by atoms with Gasteiger partial charge in [-0.3, -0.25) is 9.59 Å². The van der Waals surface area contributed by atoms with Crippen molar-refractivity contribution in [1.82, 2.24) is 0 Å². The number of aliphatic hydroxyl groups excluding tert-OH is 1. The molecular weight excluding hydrogens is 801 g/mol. The lowest BCUT2D eigenvalue weighted by atomic mass is 10.0. The van der Waals surface area contributed by atoms with Crippen molar-refractivity contribution in [2.45, 2.75) is 347 Å². The van der Waals surface area contributed by atoms with Crippen molar-refractivity contribution in [3.63, 3.8) is 0 Å². The molecule has 1 unspecified atom stereocenters. The Morgan fingerprint density at radius 3 is 0.831 bits per heavy atom. The van der Waals surface area contributed by atoms with Crippen molar-refractivity contribution >= 4 is 11.9 Å². The van der Waals surface area contributed by atoms with Crippen LogP contribution in [0.5, 0.6) is 0 Å². The van der Waals surface area contributed by atoms with E-state index in [1.54, 1.807) is 0 Å². The van der Waals surface area contributed by atoms with E-state index in [0.29, 0.717) is 12.8 Å². The molecule has 0 fully saturated rings. The van der Waals surface area contributed by atoms with Gasteiger partial charge < -0.3 is 14.6 Å². The van der Waals surface area contributed by atoms with Gasteiger partial charge in [0.2, 0.25) is 0 Å². The minimum Gasteiger partial charge on any atom is -0.462 e. The summed E-state index contributed by atoms with van der Waals surface area (Å²) in [7, 11) is 0. The van der Waals surface area contributed by atoms with E-state index in [0.717, 1.165) is 32.1 Å². The summed E-state index contributed by atoms with van der Waals surface area (Å²) in [6.45, 7) is 4.19. The van der Waals surface area contributed by atoms with E-state index in [1.165, 1.54) is 283 Å². The second-order valence-corrected chi connectivity index (χ2v) is 20.4. The molecule has 0 aliphatic carbocycles. The van der Waals surface area contributed by atoms with Gasteiger partial charge >= 0.3 is 11.9 Å². The van der Waals surface area contributed by atoms with Crippen LogP contribution >= 0.6 is 0 Å². The fourth-order valence-electron chi connectivity index (χ4n) is 9.32. The third-order valence-electron chi connectivity index (χ3n) is 13.8. The van der Waals surface area contributed by atoms with Crippen LogP contribution in [0.1, 0.15) is 341 Å². The highest BCUT2D eigenvalue weighted by Gasteiger charge is 2.16. The molecule has 5 nitrogen and oxygen atoms in total. The molecule has 0 aromatic rings. The number of rotatable bonds is 56. The van der Waals surface area contributed by atoms with E-state index in [9.17, 15) is 14.7 Å². The van der Waals surface area contributed by atoms with Crippen LogP contribution in [0.15, 0.2) is 12.2 Å². The molecule has 0 bridgehead atoms. The van der Waals surface area contributed by atoms with Crippen molar-refractivity contribution in [3.05, 3.63) is 12.2 Å². The van der Waals surface area contributed by atoms with Gasteiger partial charge in [0.1, 0.15) is 6.61 Å². The summed E-state index contributed by atoms with van der Waals surface area (Å²) in [5.41, 5.74) is 0. The topological polar surface area (TPSA) is 72.8 Å². The van der Waals surface area contributed by atoms with Gasteiger partial charge in [0.05, 0.1) is 6.61 Å². The molecule has 0 saturated heterocycles. The lowest BCUT2D eigenvalue weighted by Crippen LogP contribution is -2.28. The molecule has 0 radical (unpaired) electrons. The Kier molecular flexibility index (Phi) is 55.8. The Labute approximate surface area is 407 Å². The molecule has 0 rings (SSSR count). The molecule has 1 atom stereocenters. The van der Waals surface area contributed by atoms with Crippen molar-refractivity contribution < 1.29 is 24.2 Å². The molecule has 1 N–H and O–H groups in total. The molecular formula is C60H116O5. The van der Waals surface area contributed by atoms with Gasteiger partial charge in [0, 0.05) is 12.8 Å². The number of hydrogen-bond acceptors (Lipinski definition) is 5. The standard InChI is InChI=1S/C60H116O5/c1-3-5-7-9-11-13-15-17-19-21-23-24-25-26-27-28-29-30-31-32-33-34-35-37-38-40-42-44-46-48-50-52-54-59(62)64-57-58(56-61)65-60(63)55-53-51-49-47-45-43-41-39-36-22-20-18-16-14-12-10-8-6-4-2/h18,20,58,61H,3-17,19,21-57H2,1-2H3/b20-18-. The van der Waals surface area contributed by atoms with Crippen LogP contribution in [0, 0.1) is 0 Å². The number of aliphatic hydroxyl groups is 1. The lowest BCUT2D eigenvalue weighted by molar-refractivity contribution is -0.161. The Morgan fingerprint density at radius 1 is 0.338 bits per heavy atom. The SMILES string of the molecule is CCCCCCCC/C=C\CCCCCCCCCCCC(=O)OC(CO)COC(=O)CCCCCCCCCCCCCCCCCCCCCCCCCCCCCCCCCC. The van der Waals surface area contributed by atoms with Gasteiger partial charge in [0.15, 0.2) is 6.10 Å². The van der Waals surface area contributed by atoms with Crippen molar-refractivity contribution in [2.75, 3.05) is 13.2 Å². The maximum absolute atomic E-state index is 12.3. The van der Waals surface area contributed by atoms with Gasteiger partial charge in [-0.05, 0) is 38.5 Å². The average Bonchev–Trinajstić information content (AvgIpc) is 3.31. The smallest absolute Gasteiger partial charge is 0.306 e. The molecule has 65 heavy (non-hydrogen) atoms. The number of allylic oxidation sites excluding steroid dienone is 2. The van der Waals surface area contributed by atoms with E-state index < -0.39 is 6.10 Å². The highest BCUT2D eigenvalue weighted by molar-refractivity contribution is 5.70. The van der Waals surface area contributed by atoms with Crippen molar-refractivity contribution in [1.29, 1.82) is 0 Å². The molecule has 0 saturated carbocycles. The first-order valence-electron chi connectivity index (χ1n) is 29.7. The van der Waals surface area contributed by atoms with Crippen molar-refractivity contribution in [2.24, 2.45) is 0 Å². The second-order valence-electron chi connectivity index (χ2n) is 20.4. The molecule has 5 heteroatoms. The summed E-state index contributed by atoms with van der Waals surface area (Å²) in [6, 6.07) is 0. The second kappa shape index (κ2) is 57.0. The van der Waals surface area contributed by atoms with Crippen molar-refractivity contribution in [3.8, 4) is 0 Å². The first kappa shape index (κ1) is 63.6. The van der Waals surface area contributed by atoms with Gasteiger partial charge in [-0.2, -0.15) is 0 Å². The summed E-state index contributed by atoms with van der Waals surface area (Å²) in [6.07, 6.45) is 70.7. The number of esters is 2. The average molecular weight is 918 g/mol. The van der Waals surface area contributed by atoms with E-state index in [4.69, 9.17) is 9.47 Å². The summed E-state index contributed by atoms with van der Waals surface area (Å²) >= 11 is 0. The zero-order chi connectivity index (χ0) is 47.0. The number of carbonyl (C=O) groups is 2. The fraction of sp³-hybridized carbons (Fsp3) is 0.933. The molecule has 0 aromatic carbocycles. The predicted molar refractivity (Wildman–Crippen MR) is 284 cm³/mol. The third kappa shape index (κ3) is 55.1. The van der Waals surface area contributed by atoms with Gasteiger partial charge in [-0.25, -0.2) is 0 Å². The van der Waals surface area contributed by atoms with Gasteiger partial charge in [-0.1, -0.05) is 302 Å². The Hall–Kier alpha value is -1.36. The first-order valence-corrected chi connectivity index (χ1v) is 29.7. The van der Waals surface area contributed by atoms with Crippen LogP contribution in [-0.2, 0) is 19.1 Å². The van der Waals surface area contributed by atoms with Crippen LogP contribution in [0.25, 0.3) is 0 Å². The van der Waals surface area contributed by atoms with E-state index in [-0.39, 0.29) is 25.2 Å². The zero-order valence-corrected chi connectivity index (χ0v) is 44.3. The molecule has 0 heterocycles.